The largest absolute Gasteiger partial charge is 0.340 e. The Morgan fingerprint density at radius 1 is 1.03 bits per heavy atom. The maximum Gasteiger partial charge on any atom is 0.149 e. The fraction of sp³-hybridized carbons (Fsp3) is 0.107. The highest BCUT2D eigenvalue weighted by Gasteiger charge is 2.16. The summed E-state index contributed by atoms with van der Waals surface area (Å²) in [6.07, 6.45) is 1.91. The molecule has 158 valence electrons. The molecule has 0 saturated heterocycles. The maximum atomic E-state index is 9.97. The van der Waals surface area contributed by atoms with Crippen molar-refractivity contribution in [1.82, 2.24) is 14.5 Å². The average Bonchev–Trinajstić information content (AvgIpc) is 3.36. The normalized spacial score (nSPS) is 11.6. The van der Waals surface area contributed by atoms with E-state index in [4.69, 9.17) is 0 Å². The maximum absolute atomic E-state index is 9.97. The number of aromatic nitrogens is 3. The Morgan fingerprint density at radius 3 is 2.64 bits per heavy atom. The first-order valence-electron chi connectivity index (χ1n) is 10.7. The van der Waals surface area contributed by atoms with Crippen molar-refractivity contribution in [3.05, 3.63) is 101 Å². The Labute approximate surface area is 191 Å². The summed E-state index contributed by atoms with van der Waals surface area (Å²) in [4.78, 5) is 7.93. The molecule has 0 bridgehead atoms. The molecular weight excluding hydrogens is 406 g/mol. The van der Waals surface area contributed by atoms with E-state index < -0.39 is 0 Å². The zero-order valence-electron chi connectivity index (χ0n) is 18.4. The third kappa shape index (κ3) is 3.56. The first-order valence-corrected chi connectivity index (χ1v) is 10.7. The zero-order chi connectivity index (χ0) is 22.9. The minimum atomic E-state index is 0.479. The topological polar surface area (TPSA) is 81.2 Å². The Hall–Kier alpha value is -4.61. The molecule has 0 fully saturated rings. The van der Waals surface area contributed by atoms with Gasteiger partial charge in [0.05, 0.1) is 28.2 Å². The van der Waals surface area contributed by atoms with Gasteiger partial charge in [0.1, 0.15) is 11.9 Å². The highest BCUT2D eigenvalue weighted by atomic mass is 15.0. The highest BCUT2D eigenvalue weighted by molar-refractivity contribution is 5.99. The van der Waals surface area contributed by atoms with Gasteiger partial charge in [0.15, 0.2) is 0 Å². The van der Waals surface area contributed by atoms with Crippen LogP contribution >= 0.6 is 0 Å². The number of nitrogens with one attached hydrogen (secondary N) is 1. The van der Waals surface area contributed by atoms with Crippen molar-refractivity contribution in [3.63, 3.8) is 0 Å². The van der Waals surface area contributed by atoms with Crippen LogP contribution in [0.2, 0.25) is 0 Å². The SMILES string of the molecule is Cc1ccc2nc(C(C#N)=Cc3c(C)n(Cc4ccccc4C#N)c4ccccc34)[nH]c2c1. The van der Waals surface area contributed by atoms with E-state index in [-0.39, 0.29) is 0 Å². The minimum Gasteiger partial charge on any atom is -0.340 e. The number of imidazole rings is 1. The third-order valence-electron chi connectivity index (χ3n) is 6.05. The van der Waals surface area contributed by atoms with Gasteiger partial charge in [0.2, 0.25) is 0 Å². The van der Waals surface area contributed by atoms with Crippen molar-refractivity contribution in [3.8, 4) is 12.1 Å². The lowest BCUT2D eigenvalue weighted by atomic mass is 10.1. The molecule has 33 heavy (non-hydrogen) atoms. The number of rotatable bonds is 4. The summed E-state index contributed by atoms with van der Waals surface area (Å²) >= 11 is 0. The summed E-state index contributed by atoms with van der Waals surface area (Å²) in [5, 5.41) is 20.6. The summed E-state index contributed by atoms with van der Waals surface area (Å²) in [5.74, 6) is 0.559. The average molecular weight is 428 g/mol. The molecule has 3 aromatic carbocycles. The van der Waals surface area contributed by atoms with Crippen LogP contribution in [0.25, 0.3) is 33.6 Å². The van der Waals surface area contributed by atoms with Crippen LogP contribution in [0.4, 0.5) is 0 Å². The molecular formula is C28H21N5. The minimum absolute atomic E-state index is 0.479. The summed E-state index contributed by atoms with van der Waals surface area (Å²) in [5.41, 5.74) is 8.07. The predicted octanol–water partition coefficient (Wildman–Crippen LogP) is 6.12. The molecule has 0 radical (unpaired) electrons. The van der Waals surface area contributed by atoms with Crippen molar-refractivity contribution in [2.45, 2.75) is 20.4 Å². The van der Waals surface area contributed by atoms with Gasteiger partial charge in [-0.25, -0.2) is 4.98 Å². The van der Waals surface area contributed by atoms with Crippen LogP contribution in [0.15, 0.2) is 66.7 Å². The van der Waals surface area contributed by atoms with Crippen LogP contribution in [-0.4, -0.2) is 14.5 Å². The number of H-pyrrole nitrogens is 1. The molecule has 0 aliphatic carbocycles. The van der Waals surface area contributed by atoms with Crippen molar-refractivity contribution in [1.29, 1.82) is 10.5 Å². The molecule has 0 unspecified atom stereocenters. The lowest BCUT2D eigenvalue weighted by Crippen LogP contribution is -2.03. The van der Waals surface area contributed by atoms with Gasteiger partial charge < -0.3 is 9.55 Å². The van der Waals surface area contributed by atoms with Gasteiger partial charge in [-0.2, -0.15) is 10.5 Å². The van der Waals surface area contributed by atoms with Crippen molar-refractivity contribution in [2.24, 2.45) is 0 Å². The van der Waals surface area contributed by atoms with Gasteiger partial charge in [-0.15, -0.1) is 0 Å². The molecule has 2 heterocycles. The van der Waals surface area contributed by atoms with Crippen molar-refractivity contribution >= 4 is 33.6 Å². The molecule has 5 aromatic rings. The standard InChI is InChI=1S/C28H21N5/c1-18-11-12-25-26(13-18)32-28(31-25)22(16-30)14-24-19(2)33(27-10-6-5-9-23(24)27)17-21-8-4-3-7-20(21)15-29/h3-14H,17H2,1-2H3,(H,31,32). The molecule has 0 saturated carbocycles. The fourth-order valence-electron chi connectivity index (χ4n) is 4.33. The van der Waals surface area contributed by atoms with Gasteiger partial charge in [-0.3, -0.25) is 0 Å². The van der Waals surface area contributed by atoms with E-state index in [2.05, 4.69) is 45.7 Å². The third-order valence-corrected chi connectivity index (χ3v) is 6.05. The quantitative estimate of drug-likeness (QED) is 0.351. The van der Waals surface area contributed by atoms with E-state index in [0.717, 1.165) is 44.3 Å². The second-order valence-electron chi connectivity index (χ2n) is 8.15. The number of hydrogen-bond acceptors (Lipinski definition) is 3. The van der Waals surface area contributed by atoms with Crippen LogP contribution in [0, 0.1) is 36.5 Å². The fourth-order valence-corrected chi connectivity index (χ4v) is 4.33. The van der Waals surface area contributed by atoms with Gasteiger partial charge >= 0.3 is 0 Å². The Balaban J connectivity index is 1.66. The van der Waals surface area contributed by atoms with Gasteiger partial charge in [-0.1, -0.05) is 42.5 Å². The van der Waals surface area contributed by atoms with Gasteiger partial charge in [-0.05, 0) is 55.3 Å². The second-order valence-corrected chi connectivity index (χ2v) is 8.15. The molecule has 0 atom stereocenters. The Morgan fingerprint density at radius 2 is 1.82 bits per heavy atom. The monoisotopic (exact) mass is 427 g/mol. The molecule has 5 rings (SSSR count). The molecule has 5 nitrogen and oxygen atoms in total. The van der Waals surface area contributed by atoms with Crippen molar-refractivity contribution in [2.75, 3.05) is 0 Å². The van der Waals surface area contributed by atoms with Gasteiger partial charge in [0.25, 0.3) is 0 Å². The molecule has 2 aromatic heterocycles. The van der Waals surface area contributed by atoms with E-state index in [0.29, 0.717) is 23.5 Å². The molecule has 1 N–H and O–H groups in total. The zero-order valence-corrected chi connectivity index (χ0v) is 18.4. The number of aromatic amines is 1. The number of nitriles is 2. The van der Waals surface area contributed by atoms with E-state index >= 15 is 0 Å². The lowest BCUT2D eigenvalue weighted by molar-refractivity contribution is 0.802. The second kappa shape index (κ2) is 8.15. The number of aryl methyl sites for hydroxylation is 1. The lowest BCUT2D eigenvalue weighted by Gasteiger charge is -2.10. The number of nitrogens with zero attached hydrogens (tertiary/aromatic N) is 4. The molecule has 0 aliphatic heterocycles. The van der Waals surface area contributed by atoms with Crippen LogP contribution in [0.5, 0.6) is 0 Å². The summed E-state index contributed by atoms with van der Waals surface area (Å²) in [6.45, 7) is 4.66. The molecule has 0 aliphatic rings. The van der Waals surface area contributed by atoms with Gasteiger partial charge in [0, 0.05) is 28.7 Å². The molecule has 0 amide bonds. The molecule has 0 spiro atoms. The smallest absolute Gasteiger partial charge is 0.149 e. The first-order chi connectivity index (χ1) is 16.1. The van der Waals surface area contributed by atoms with E-state index in [1.807, 2.05) is 67.6 Å². The van der Waals surface area contributed by atoms with Crippen LogP contribution in [0.3, 0.4) is 0 Å². The number of benzene rings is 3. The van der Waals surface area contributed by atoms with E-state index in [1.54, 1.807) is 0 Å². The number of hydrogen-bond donors (Lipinski definition) is 1. The number of para-hydroxylation sites is 1. The predicted molar refractivity (Wildman–Crippen MR) is 131 cm³/mol. The summed E-state index contributed by atoms with van der Waals surface area (Å²) < 4.78 is 2.20. The Kier molecular flexibility index (Phi) is 5.01. The highest BCUT2D eigenvalue weighted by Crippen LogP contribution is 2.31. The van der Waals surface area contributed by atoms with Crippen molar-refractivity contribution < 1.29 is 0 Å². The number of fused-ring (bicyclic) bond motifs is 2. The van der Waals surface area contributed by atoms with E-state index in [1.165, 1.54) is 0 Å². The van der Waals surface area contributed by atoms with Crippen LogP contribution in [-0.2, 0) is 6.54 Å². The first kappa shape index (κ1) is 20.3. The van der Waals surface area contributed by atoms with Crippen LogP contribution in [0.1, 0.15) is 33.8 Å². The number of allylic oxidation sites excluding steroid dienone is 1. The van der Waals surface area contributed by atoms with Crippen LogP contribution < -0.4 is 0 Å². The molecule has 5 heteroatoms. The summed E-state index contributed by atoms with van der Waals surface area (Å²) in [7, 11) is 0. The summed E-state index contributed by atoms with van der Waals surface area (Å²) in [6, 6.07) is 26.4. The van der Waals surface area contributed by atoms with E-state index in [9.17, 15) is 10.5 Å². The Bertz CT molecular complexity index is 1630.